The molecule has 0 aromatic rings. The normalized spacial score (nSPS) is 50.5. The molecule has 2 N–H and O–H groups in total. The molecule has 0 unspecified atom stereocenters. The third kappa shape index (κ3) is 2.28. The van der Waals surface area contributed by atoms with Crippen molar-refractivity contribution in [2.24, 2.45) is 28.6 Å². The van der Waals surface area contributed by atoms with Gasteiger partial charge in [0.2, 0.25) is 0 Å². The first-order valence-electron chi connectivity index (χ1n) is 9.96. The molecule has 0 aliphatic heterocycles. The zero-order valence-corrected chi connectivity index (χ0v) is 16.2. The highest BCUT2D eigenvalue weighted by molar-refractivity contribution is 6.18. The summed E-state index contributed by atoms with van der Waals surface area (Å²) in [5, 5.41) is 21.8. The van der Waals surface area contributed by atoms with E-state index in [1.807, 2.05) is 6.08 Å². The van der Waals surface area contributed by atoms with E-state index in [1.165, 1.54) is 5.57 Å². The van der Waals surface area contributed by atoms with E-state index in [1.54, 1.807) is 0 Å². The fourth-order valence-electron chi connectivity index (χ4n) is 7.29. The number of aliphatic hydroxyl groups is 2. The quantitative estimate of drug-likeness (QED) is 0.730. The van der Waals surface area contributed by atoms with Gasteiger partial charge >= 0.3 is 0 Å². The fourth-order valence-corrected chi connectivity index (χ4v) is 7.54. The summed E-state index contributed by atoms with van der Waals surface area (Å²) in [5.74, 6) is 2.04. The number of carbonyl (C=O) groups excluding carboxylic acids is 1. The number of carbonyl (C=O) groups is 1. The Hall–Kier alpha value is -0.380. The molecule has 0 spiro atoms. The van der Waals surface area contributed by atoms with E-state index in [0.717, 1.165) is 38.5 Å². The van der Waals surface area contributed by atoms with Crippen LogP contribution in [0.4, 0.5) is 0 Å². The summed E-state index contributed by atoms with van der Waals surface area (Å²) < 4.78 is 0. The number of ketones is 1. The second-order valence-corrected chi connectivity index (χ2v) is 9.87. The zero-order chi connectivity index (χ0) is 18.0. The Balaban J connectivity index is 1.67. The van der Waals surface area contributed by atoms with Crippen molar-refractivity contribution in [3.8, 4) is 0 Å². The van der Waals surface area contributed by atoms with Crippen LogP contribution >= 0.6 is 11.6 Å². The maximum absolute atomic E-state index is 11.9. The minimum Gasteiger partial charge on any atom is -0.389 e. The van der Waals surface area contributed by atoms with Crippen LogP contribution in [-0.4, -0.2) is 33.6 Å². The van der Waals surface area contributed by atoms with Crippen LogP contribution < -0.4 is 0 Å². The lowest BCUT2D eigenvalue weighted by Gasteiger charge is -2.59. The average Bonchev–Trinajstić information content (AvgIpc) is 2.87. The number of alkyl halides is 1. The van der Waals surface area contributed by atoms with E-state index in [4.69, 9.17) is 11.6 Å². The molecular formula is C21H31ClO3. The largest absolute Gasteiger partial charge is 0.389 e. The predicted octanol–water partition coefficient (Wildman–Crippen LogP) is 3.85. The highest BCUT2D eigenvalue weighted by atomic mass is 35.5. The second-order valence-electron chi connectivity index (χ2n) is 9.56. The molecule has 0 bridgehead atoms. The lowest BCUT2D eigenvalue weighted by atomic mass is 9.46. The van der Waals surface area contributed by atoms with Crippen LogP contribution in [0.25, 0.3) is 0 Å². The summed E-state index contributed by atoms with van der Waals surface area (Å²) in [6.07, 6.45) is 8.56. The van der Waals surface area contributed by atoms with Crippen molar-refractivity contribution in [2.45, 2.75) is 76.9 Å². The standard InChI is InChI=1S/C21H31ClO3/c1-19-8-5-14(23)11-13(19)3-4-15-16(19)6-9-20(2)17(15)7-10-21(20,25)18(24)12-22/h11,15-18,24-25H,3-10,12H2,1-2H3/t15-,16+,17+,18-,19+,20+,21+/m1/s1. The third-order valence-corrected chi connectivity index (χ3v) is 9.17. The van der Waals surface area contributed by atoms with Gasteiger partial charge in [-0.2, -0.15) is 0 Å². The number of hydrogen-bond acceptors (Lipinski definition) is 3. The van der Waals surface area contributed by atoms with Gasteiger partial charge in [0.25, 0.3) is 0 Å². The molecule has 4 aliphatic rings. The Morgan fingerprint density at radius 1 is 1.16 bits per heavy atom. The van der Waals surface area contributed by atoms with Gasteiger partial charge in [0, 0.05) is 11.8 Å². The van der Waals surface area contributed by atoms with Gasteiger partial charge < -0.3 is 10.2 Å². The molecule has 7 atom stereocenters. The monoisotopic (exact) mass is 366 g/mol. The molecule has 25 heavy (non-hydrogen) atoms. The molecule has 0 aromatic heterocycles. The number of rotatable bonds is 2. The van der Waals surface area contributed by atoms with Gasteiger partial charge in [0.05, 0.1) is 17.6 Å². The van der Waals surface area contributed by atoms with Crippen LogP contribution in [0.3, 0.4) is 0 Å². The summed E-state index contributed by atoms with van der Waals surface area (Å²) in [7, 11) is 0. The summed E-state index contributed by atoms with van der Waals surface area (Å²) in [6.45, 7) is 4.56. The molecule has 0 amide bonds. The van der Waals surface area contributed by atoms with Gasteiger partial charge in [-0.25, -0.2) is 0 Å². The molecule has 0 heterocycles. The molecule has 0 saturated heterocycles. The van der Waals surface area contributed by atoms with Crippen LogP contribution in [0.15, 0.2) is 11.6 Å². The van der Waals surface area contributed by atoms with E-state index in [9.17, 15) is 15.0 Å². The maximum Gasteiger partial charge on any atom is 0.155 e. The van der Waals surface area contributed by atoms with E-state index < -0.39 is 11.7 Å². The van der Waals surface area contributed by atoms with Crippen molar-refractivity contribution in [1.29, 1.82) is 0 Å². The van der Waals surface area contributed by atoms with E-state index >= 15 is 0 Å². The Morgan fingerprint density at radius 3 is 2.60 bits per heavy atom. The Bertz CT molecular complexity index is 616. The van der Waals surface area contributed by atoms with Gasteiger partial charge in [0.1, 0.15) is 0 Å². The van der Waals surface area contributed by atoms with Crippen LogP contribution in [-0.2, 0) is 4.79 Å². The maximum atomic E-state index is 11.9. The lowest BCUT2D eigenvalue weighted by molar-refractivity contribution is -0.170. The fraction of sp³-hybridized carbons (Fsp3) is 0.857. The molecule has 3 saturated carbocycles. The minimum atomic E-state index is -1.05. The minimum absolute atomic E-state index is 0.0968. The Kier molecular flexibility index (Phi) is 4.18. The Labute approximate surface area is 155 Å². The van der Waals surface area contributed by atoms with Gasteiger partial charge in [-0.05, 0) is 74.2 Å². The lowest BCUT2D eigenvalue weighted by Crippen LogP contribution is -2.59. The molecule has 3 nitrogen and oxygen atoms in total. The average molecular weight is 367 g/mol. The molecular weight excluding hydrogens is 336 g/mol. The molecule has 140 valence electrons. The van der Waals surface area contributed by atoms with Crippen LogP contribution in [0.1, 0.15) is 65.2 Å². The van der Waals surface area contributed by atoms with Gasteiger partial charge in [-0.3, -0.25) is 4.79 Å². The van der Waals surface area contributed by atoms with E-state index in [-0.39, 0.29) is 16.7 Å². The van der Waals surface area contributed by atoms with Gasteiger partial charge in [0.15, 0.2) is 5.78 Å². The highest BCUT2D eigenvalue weighted by Gasteiger charge is 2.65. The van der Waals surface area contributed by atoms with Crippen molar-refractivity contribution in [3.63, 3.8) is 0 Å². The molecule has 0 radical (unpaired) electrons. The Morgan fingerprint density at radius 2 is 1.88 bits per heavy atom. The molecule has 4 aliphatic carbocycles. The van der Waals surface area contributed by atoms with Crippen LogP contribution in [0.5, 0.6) is 0 Å². The molecule has 3 fully saturated rings. The van der Waals surface area contributed by atoms with E-state index in [2.05, 4.69) is 13.8 Å². The summed E-state index contributed by atoms with van der Waals surface area (Å²) >= 11 is 5.93. The number of fused-ring (bicyclic) bond motifs is 5. The zero-order valence-electron chi connectivity index (χ0n) is 15.4. The van der Waals surface area contributed by atoms with Crippen molar-refractivity contribution in [2.75, 3.05) is 5.88 Å². The van der Waals surface area contributed by atoms with Crippen LogP contribution in [0.2, 0.25) is 0 Å². The SMILES string of the molecule is C[C@]12CCC(=O)C=C1CC[C@@H]1[C@@H]2CC[C@@]2(C)[C@H]1CC[C@]2(O)[C@H](O)CCl. The predicted molar refractivity (Wildman–Crippen MR) is 98.4 cm³/mol. The highest BCUT2D eigenvalue weighted by Crippen LogP contribution is 2.68. The number of halogens is 1. The third-order valence-electron chi connectivity index (χ3n) is 8.87. The first-order valence-corrected chi connectivity index (χ1v) is 10.5. The first-order chi connectivity index (χ1) is 11.8. The second kappa shape index (κ2) is 5.81. The van der Waals surface area contributed by atoms with E-state index in [0.29, 0.717) is 36.4 Å². The molecule has 0 aromatic carbocycles. The van der Waals surface area contributed by atoms with Crippen molar-refractivity contribution in [1.82, 2.24) is 0 Å². The number of aliphatic hydroxyl groups excluding tert-OH is 1. The number of hydrogen-bond donors (Lipinski definition) is 2. The topological polar surface area (TPSA) is 57.5 Å². The van der Waals surface area contributed by atoms with Crippen LogP contribution in [0, 0.1) is 28.6 Å². The summed E-state index contributed by atoms with van der Waals surface area (Å²) in [6, 6.07) is 0. The van der Waals surface area contributed by atoms with Crippen molar-refractivity contribution in [3.05, 3.63) is 11.6 Å². The van der Waals surface area contributed by atoms with Crippen molar-refractivity contribution >= 4 is 17.4 Å². The summed E-state index contributed by atoms with van der Waals surface area (Å²) in [5.41, 5.74) is 0.237. The number of allylic oxidation sites excluding steroid dienone is 1. The first kappa shape index (κ1) is 18.0. The molecule has 4 rings (SSSR count). The van der Waals surface area contributed by atoms with Gasteiger partial charge in [-0.15, -0.1) is 11.6 Å². The molecule has 4 heteroatoms. The van der Waals surface area contributed by atoms with Gasteiger partial charge in [-0.1, -0.05) is 19.4 Å². The smallest absolute Gasteiger partial charge is 0.155 e. The van der Waals surface area contributed by atoms with Crippen molar-refractivity contribution < 1.29 is 15.0 Å². The summed E-state index contributed by atoms with van der Waals surface area (Å²) in [4.78, 5) is 11.9.